The summed E-state index contributed by atoms with van der Waals surface area (Å²) in [4.78, 5) is 0. The lowest BCUT2D eigenvalue weighted by atomic mass is 10.0. The Morgan fingerprint density at radius 3 is 2.33 bits per heavy atom. The molecule has 0 radical (unpaired) electrons. The Hall–Kier alpha value is -1.39. The summed E-state index contributed by atoms with van der Waals surface area (Å²) in [6.45, 7) is 6.35. The molecule has 1 atom stereocenters. The maximum atomic E-state index is 14.0. The van der Waals surface area contributed by atoms with Gasteiger partial charge >= 0.3 is 0 Å². The van der Waals surface area contributed by atoms with Gasteiger partial charge in [-0.05, 0) is 50.1 Å². The molecule has 0 saturated carbocycles. The van der Waals surface area contributed by atoms with Gasteiger partial charge in [-0.25, -0.2) is 4.39 Å². The summed E-state index contributed by atoms with van der Waals surface area (Å²) in [6.07, 6.45) is 0. The summed E-state index contributed by atoms with van der Waals surface area (Å²) >= 11 is 3.55. The molecule has 0 saturated heterocycles. The third-order valence-electron chi connectivity index (χ3n) is 3.54. The first-order valence-corrected chi connectivity index (χ1v) is 7.71. The van der Waals surface area contributed by atoms with Crippen LogP contribution >= 0.6 is 15.9 Å². The molecule has 2 aromatic rings. The fraction of sp³-hybridized carbons (Fsp3) is 0.294. The lowest BCUT2D eigenvalue weighted by Crippen LogP contribution is -2.22. The molecule has 0 aliphatic carbocycles. The van der Waals surface area contributed by atoms with E-state index in [0.29, 0.717) is 12.1 Å². The Kier molecular flexibility index (Phi) is 5.01. The van der Waals surface area contributed by atoms with Crippen LogP contribution < -0.4 is 11.1 Å². The Bertz CT molecular complexity index is 632. The maximum Gasteiger partial charge on any atom is 0.128 e. The van der Waals surface area contributed by atoms with Gasteiger partial charge in [-0.15, -0.1) is 0 Å². The average molecular weight is 351 g/mol. The number of hydrogen-bond donors (Lipinski definition) is 2. The van der Waals surface area contributed by atoms with Gasteiger partial charge in [0.2, 0.25) is 0 Å². The van der Waals surface area contributed by atoms with Gasteiger partial charge in [-0.3, -0.25) is 0 Å². The van der Waals surface area contributed by atoms with Crippen LogP contribution in [0.15, 0.2) is 34.8 Å². The summed E-state index contributed by atoms with van der Waals surface area (Å²) < 4.78 is 15.1. The number of halogens is 2. The minimum atomic E-state index is -0.245. The number of anilines is 1. The van der Waals surface area contributed by atoms with Gasteiger partial charge in [-0.2, -0.15) is 0 Å². The van der Waals surface area contributed by atoms with E-state index in [4.69, 9.17) is 5.73 Å². The molecular weight excluding hydrogens is 331 g/mol. The topological polar surface area (TPSA) is 38.0 Å². The molecule has 2 rings (SSSR count). The number of nitrogens with one attached hydrogen (secondary N) is 1. The Morgan fingerprint density at radius 2 is 1.76 bits per heavy atom. The number of nitrogens with two attached hydrogens (primary N) is 1. The van der Waals surface area contributed by atoms with Gasteiger partial charge in [0.15, 0.2) is 0 Å². The third kappa shape index (κ3) is 3.63. The number of benzene rings is 2. The summed E-state index contributed by atoms with van der Waals surface area (Å²) in [6, 6.07) is 8.93. The number of aryl methyl sites for hydroxylation is 3. The molecule has 112 valence electrons. The molecule has 0 amide bonds. The second-order valence-corrected chi connectivity index (χ2v) is 6.17. The lowest BCUT2D eigenvalue weighted by molar-refractivity contribution is 0.593. The van der Waals surface area contributed by atoms with Crippen molar-refractivity contribution in [2.45, 2.75) is 26.8 Å². The lowest BCUT2D eigenvalue weighted by Gasteiger charge is -2.21. The van der Waals surface area contributed by atoms with E-state index in [9.17, 15) is 4.39 Å². The van der Waals surface area contributed by atoms with Crippen molar-refractivity contribution in [2.24, 2.45) is 5.73 Å². The zero-order chi connectivity index (χ0) is 15.6. The molecule has 0 bridgehead atoms. The van der Waals surface area contributed by atoms with Crippen LogP contribution in [0.2, 0.25) is 0 Å². The number of rotatable bonds is 4. The van der Waals surface area contributed by atoms with Crippen LogP contribution in [0.4, 0.5) is 10.1 Å². The van der Waals surface area contributed by atoms with E-state index in [-0.39, 0.29) is 11.9 Å². The normalized spacial score (nSPS) is 12.3. The molecule has 0 aliphatic heterocycles. The van der Waals surface area contributed by atoms with Crippen molar-refractivity contribution in [3.05, 3.63) is 62.9 Å². The van der Waals surface area contributed by atoms with E-state index in [1.165, 1.54) is 6.07 Å². The van der Waals surface area contributed by atoms with Crippen molar-refractivity contribution >= 4 is 21.6 Å². The van der Waals surface area contributed by atoms with Gasteiger partial charge in [0.1, 0.15) is 5.82 Å². The predicted octanol–water partition coefficient (Wildman–Crippen LogP) is 4.63. The monoisotopic (exact) mass is 350 g/mol. The van der Waals surface area contributed by atoms with E-state index in [1.807, 2.05) is 39.0 Å². The molecule has 4 heteroatoms. The predicted molar refractivity (Wildman–Crippen MR) is 90.2 cm³/mol. The molecule has 21 heavy (non-hydrogen) atoms. The molecule has 0 aromatic heterocycles. The molecule has 1 unspecified atom stereocenters. The summed E-state index contributed by atoms with van der Waals surface area (Å²) in [5.41, 5.74) is 10.7. The van der Waals surface area contributed by atoms with E-state index < -0.39 is 0 Å². The van der Waals surface area contributed by atoms with Crippen molar-refractivity contribution < 1.29 is 4.39 Å². The van der Waals surface area contributed by atoms with E-state index in [2.05, 4.69) is 21.2 Å². The highest BCUT2D eigenvalue weighted by Crippen LogP contribution is 2.28. The van der Waals surface area contributed by atoms with Crippen molar-refractivity contribution in [3.63, 3.8) is 0 Å². The van der Waals surface area contributed by atoms with Gasteiger partial charge < -0.3 is 11.1 Å². The Balaban J connectivity index is 2.33. The van der Waals surface area contributed by atoms with Crippen molar-refractivity contribution in [1.29, 1.82) is 0 Å². The van der Waals surface area contributed by atoms with Crippen LogP contribution in [0.3, 0.4) is 0 Å². The summed E-state index contributed by atoms with van der Waals surface area (Å²) in [5, 5.41) is 3.34. The minimum Gasteiger partial charge on any atom is -0.377 e. The quantitative estimate of drug-likeness (QED) is 0.843. The maximum absolute atomic E-state index is 14.0. The zero-order valence-electron chi connectivity index (χ0n) is 12.5. The van der Waals surface area contributed by atoms with E-state index in [1.54, 1.807) is 6.07 Å². The summed E-state index contributed by atoms with van der Waals surface area (Å²) in [5.74, 6) is -0.228. The van der Waals surface area contributed by atoms with Crippen LogP contribution in [0.1, 0.15) is 28.3 Å². The molecule has 0 aliphatic rings. The van der Waals surface area contributed by atoms with Crippen LogP contribution in [0, 0.1) is 26.6 Å². The van der Waals surface area contributed by atoms with Crippen molar-refractivity contribution in [1.82, 2.24) is 0 Å². The average Bonchev–Trinajstić information content (AvgIpc) is 2.45. The first kappa shape index (κ1) is 16.0. The van der Waals surface area contributed by atoms with Gasteiger partial charge in [0.05, 0.1) is 6.04 Å². The van der Waals surface area contributed by atoms with Gasteiger partial charge in [-0.1, -0.05) is 33.6 Å². The Labute approximate surface area is 133 Å². The smallest absolute Gasteiger partial charge is 0.128 e. The fourth-order valence-electron chi connectivity index (χ4n) is 2.42. The molecular formula is C17H20BrFN2. The third-order valence-corrected chi connectivity index (χ3v) is 4.79. The van der Waals surface area contributed by atoms with E-state index in [0.717, 1.165) is 26.9 Å². The van der Waals surface area contributed by atoms with Crippen LogP contribution in [-0.2, 0) is 0 Å². The standard InChI is InChI=1S/C17H20BrFN2/c1-10-4-5-15(19)14(6-10)16(9-20)21-13-7-11(2)17(18)12(3)8-13/h4-8,16,21H,9,20H2,1-3H3. The zero-order valence-corrected chi connectivity index (χ0v) is 14.1. The van der Waals surface area contributed by atoms with Crippen molar-refractivity contribution in [2.75, 3.05) is 11.9 Å². The highest BCUT2D eigenvalue weighted by molar-refractivity contribution is 9.10. The molecule has 2 aromatic carbocycles. The van der Waals surface area contributed by atoms with Crippen molar-refractivity contribution in [3.8, 4) is 0 Å². The second-order valence-electron chi connectivity index (χ2n) is 5.38. The second kappa shape index (κ2) is 6.58. The summed E-state index contributed by atoms with van der Waals surface area (Å²) in [7, 11) is 0. The first-order valence-electron chi connectivity index (χ1n) is 6.91. The highest BCUT2D eigenvalue weighted by Gasteiger charge is 2.15. The molecule has 0 spiro atoms. The van der Waals surface area contributed by atoms with Crippen LogP contribution in [0.5, 0.6) is 0 Å². The van der Waals surface area contributed by atoms with Crippen LogP contribution in [0.25, 0.3) is 0 Å². The molecule has 2 nitrogen and oxygen atoms in total. The first-order chi connectivity index (χ1) is 9.92. The largest absolute Gasteiger partial charge is 0.377 e. The van der Waals surface area contributed by atoms with Crippen LogP contribution in [-0.4, -0.2) is 6.54 Å². The molecule has 0 fully saturated rings. The Morgan fingerprint density at radius 1 is 1.14 bits per heavy atom. The molecule has 3 N–H and O–H groups in total. The fourth-order valence-corrected chi connectivity index (χ4v) is 2.65. The molecule has 0 heterocycles. The highest BCUT2D eigenvalue weighted by atomic mass is 79.9. The SMILES string of the molecule is Cc1ccc(F)c(C(CN)Nc2cc(C)c(Br)c(C)c2)c1. The minimum absolute atomic E-state index is 0.228. The van der Waals surface area contributed by atoms with E-state index >= 15 is 0 Å². The van der Waals surface area contributed by atoms with Gasteiger partial charge in [0, 0.05) is 22.3 Å². The number of hydrogen-bond acceptors (Lipinski definition) is 2. The van der Waals surface area contributed by atoms with Gasteiger partial charge in [0.25, 0.3) is 0 Å².